The number of hydrogen-bond acceptors (Lipinski definition) is 6. The molecule has 0 saturated carbocycles. The van der Waals surface area contributed by atoms with E-state index in [4.69, 9.17) is 0 Å². The maximum Gasteiger partial charge on any atom is 0.261 e. The fraction of sp³-hybridized carbons (Fsp3) is 0.267. The molecule has 0 aromatic heterocycles. The van der Waals surface area contributed by atoms with E-state index < -0.39 is 0 Å². The van der Waals surface area contributed by atoms with Gasteiger partial charge in [0.05, 0.1) is 16.8 Å². The van der Waals surface area contributed by atoms with Crippen molar-refractivity contribution in [2.24, 2.45) is 10.2 Å². The average molecular weight is 315 g/mol. The van der Waals surface area contributed by atoms with Gasteiger partial charge >= 0.3 is 0 Å². The Kier molecular flexibility index (Phi) is 3.89. The van der Waals surface area contributed by atoms with Gasteiger partial charge in [-0.25, -0.2) is 0 Å². The molecule has 6 nitrogen and oxygen atoms in total. The number of fused-ring (bicyclic) bond motifs is 1. The first-order chi connectivity index (χ1) is 10.6. The number of carbonyl (C=O) groups is 3. The lowest BCUT2D eigenvalue weighted by atomic mass is 10.1. The highest BCUT2D eigenvalue weighted by molar-refractivity contribution is 8.16. The lowest BCUT2D eigenvalue weighted by Crippen LogP contribution is -2.32. The van der Waals surface area contributed by atoms with E-state index in [0.717, 1.165) is 5.71 Å². The number of ketones is 1. The first-order valence-electron chi connectivity index (χ1n) is 6.80. The third-order valence-corrected chi connectivity index (χ3v) is 4.58. The molecule has 0 atom stereocenters. The van der Waals surface area contributed by atoms with Crippen molar-refractivity contribution in [3.63, 3.8) is 0 Å². The van der Waals surface area contributed by atoms with Crippen LogP contribution in [0.5, 0.6) is 0 Å². The molecule has 0 N–H and O–H groups in total. The predicted molar refractivity (Wildman–Crippen MR) is 84.4 cm³/mol. The van der Waals surface area contributed by atoms with E-state index in [2.05, 4.69) is 10.2 Å². The van der Waals surface area contributed by atoms with Crippen LogP contribution in [0.25, 0.3) is 0 Å². The molecule has 22 heavy (non-hydrogen) atoms. The van der Waals surface area contributed by atoms with Crippen LogP contribution < -0.4 is 0 Å². The number of benzene rings is 1. The number of carbonyl (C=O) groups excluding carboxylic acids is 3. The van der Waals surface area contributed by atoms with E-state index in [1.807, 2.05) is 0 Å². The summed E-state index contributed by atoms with van der Waals surface area (Å²) in [6, 6.07) is 6.81. The average Bonchev–Trinajstić information content (AvgIpc) is 2.78. The number of rotatable bonds is 4. The van der Waals surface area contributed by atoms with Crippen LogP contribution in [-0.4, -0.2) is 45.6 Å². The summed E-state index contributed by atoms with van der Waals surface area (Å²) in [5.41, 5.74) is 1.67. The maximum atomic E-state index is 12.2. The van der Waals surface area contributed by atoms with Gasteiger partial charge in [0, 0.05) is 25.6 Å². The van der Waals surface area contributed by atoms with E-state index in [0.29, 0.717) is 28.3 Å². The lowest BCUT2D eigenvalue weighted by molar-refractivity contribution is -0.110. The number of amides is 2. The van der Waals surface area contributed by atoms with E-state index in [-0.39, 0.29) is 24.1 Å². The third-order valence-electron chi connectivity index (χ3n) is 3.46. The van der Waals surface area contributed by atoms with Gasteiger partial charge in [0.25, 0.3) is 11.8 Å². The first-order valence-corrected chi connectivity index (χ1v) is 7.79. The summed E-state index contributed by atoms with van der Waals surface area (Å²) in [7, 11) is 0. The second-order valence-electron chi connectivity index (χ2n) is 4.97. The number of thioether (sulfide) groups is 1. The molecule has 2 aliphatic rings. The Morgan fingerprint density at radius 3 is 2.32 bits per heavy atom. The van der Waals surface area contributed by atoms with Crippen molar-refractivity contribution in [1.82, 2.24) is 4.90 Å². The van der Waals surface area contributed by atoms with Gasteiger partial charge in [0.2, 0.25) is 0 Å². The van der Waals surface area contributed by atoms with Gasteiger partial charge in [-0.15, -0.1) is 5.10 Å². The third kappa shape index (κ3) is 2.59. The zero-order valence-corrected chi connectivity index (χ0v) is 12.7. The van der Waals surface area contributed by atoms with Crippen molar-refractivity contribution in [3.05, 3.63) is 35.4 Å². The molecule has 112 valence electrons. The van der Waals surface area contributed by atoms with Crippen LogP contribution >= 0.6 is 11.8 Å². The van der Waals surface area contributed by atoms with Gasteiger partial charge in [-0.1, -0.05) is 23.9 Å². The van der Waals surface area contributed by atoms with Crippen LogP contribution in [0.4, 0.5) is 0 Å². The molecule has 7 heteroatoms. The van der Waals surface area contributed by atoms with Crippen molar-refractivity contribution >= 4 is 40.1 Å². The zero-order chi connectivity index (χ0) is 15.7. The van der Waals surface area contributed by atoms with Gasteiger partial charge in [0.15, 0.2) is 10.8 Å². The van der Waals surface area contributed by atoms with Crippen molar-refractivity contribution in [2.75, 3.05) is 12.3 Å². The van der Waals surface area contributed by atoms with Crippen LogP contribution in [0.3, 0.4) is 0 Å². The normalized spacial score (nSPS) is 17.2. The van der Waals surface area contributed by atoms with Crippen molar-refractivity contribution in [3.8, 4) is 0 Å². The molecule has 0 bridgehead atoms. The van der Waals surface area contributed by atoms with E-state index in [1.54, 1.807) is 24.3 Å². The van der Waals surface area contributed by atoms with Crippen LogP contribution in [-0.2, 0) is 4.79 Å². The Morgan fingerprint density at radius 1 is 1.18 bits per heavy atom. The Balaban J connectivity index is 1.68. The molecular formula is C15H13N3O3S. The monoisotopic (exact) mass is 315 g/mol. The van der Waals surface area contributed by atoms with E-state index in [9.17, 15) is 14.4 Å². The van der Waals surface area contributed by atoms with Crippen LogP contribution in [0.1, 0.15) is 34.1 Å². The molecule has 1 aromatic rings. The summed E-state index contributed by atoms with van der Waals surface area (Å²) in [4.78, 5) is 36.8. The highest BCUT2D eigenvalue weighted by Crippen LogP contribution is 2.23. The highest BCUT2D eigenvalue weighted by Gasteiger charge is 2.34. The topological polar surface area (TPSA) is 79.2 Å². The van der Waals surface area contributed by atoms with Crippen LogP contribution in [0, 0.1) is 0 Å². The molecule has 3 rings (SSSR count). The smallest absolute Gasteiger partial charge is 0.261 e. The summed E-state index contributed by atoms with van der Waals surface area (Å²) >= 11 is 1.33. The minimum Gasteiger partial charge on any atom is -0.292 e. The van der Waals surface area contributed by atoms with Gasteiger partial charge < -0.3 is 0 Å². The summed E-state index contributed by atoms with van der Waals surface area (Å²) < 4.78 is 0. The minimum atomic E-state index is -0.266. The molecule has 0 unspecified atom stereocenters. The van der Waals surface area contributed by atoms with Gasteiger partial charge in [-0.05, 0) is 12.1 Å². The first kappa shape index (κ1) is 14.6. The van der Waals surface area contributed by atoms with Crippen molar-refractivity contribution < 1.29 is 14.4 Å². The summed E-state index contributed by atoms with van der Waals surface area (Å²) in [5.74, 6) is -0.0787. The number of Topliss-reactive ketones (excluding diaryl/α,β-unsaturated/α-hetero) is 1. The van der Waals surface area contributed by atoms with Crippen molar-refractivity contribution in [1.29, 1.82) is 0 Å². The Hall–Kier alpha value is -2.28. The van der Waals surface area contributed by atoms with E-state index in [1.165, 1.54) is 23.6 Å². The minimum absolute atomic E-state index is 0.104. The summed E-state index contributed by atoms with van der Waals surface area (Å²) in [6.45, 7) is 1.72. The molecule has 0 spiro atoms. The zero-order valence-electron chi connectivity index (χ0n) is 11.9. The Bertz CT molecular complexity index is 704. The second kappa shape index (κ2) is 5.84. The molecule has 0 radical (unpaired) electrons. The standard InChI is InChI=1S/C15H13N3O3S/c1-9(19)13-17-16-10(8-22-13)6-7-18-14(20)11-4-2-3-5-12(11)15(18)21/h2-5H,6-8H2,1H3. The van der Waals surface area contributed by atoms with Gasteiger partial charge in [0.1, 0.15) is 0 Å². The molecular weight excluding hydrogens is 302 g/mol. The lowest BCUT2D eigenvalue weighted by Gasteiger charge is -2.15. The molecule has 1 aromatic carbocycles. The van der Waals surface area contributed by atoms with Gasteiger partial charge in [-0.3, -0.25) is 19.3 Å². The highest BCUT2D eigenvalue weighted by atomic mass is 32.2. The van der Waals surface area contributed by atoms with Gasteiger partial charge in [-0.2, -0.15) is 5.10 Å². The number of imide groups is 1. The largest absolute Gasteiger partial charge is 0.292 e. The molecule has 2 amide bonds. The Labute approximate surface area is 131 Å². The fourth-order valence-corrected chi connectivity index (χ4v) is 3.11. The van der Waals surface area contributed by atoms with Crippen LogP contribution in [0.15, 0.2) is 34.5 Å². The van der Waals surface area contributed by atoms with E-state index >= 15 is 0 Å². The maximum absolute atomic E-state index is 12.2. The van der Waals surface area contributed by atoms with Crippen LogP contribution in [0.2, 0.25) is 0 Å². The van der Waals surface area contributed by atoms with Crippen molar-refractivity contribution in [2.45, 2.75) is 13.3 Å². The SMILES string of the molecule is CC(=O)C1=NN=C(CCN2C(=O)c3ccccc3C2=O)CS1. The number of nitrogens with zero attached hydrogens (tertiary/aromatic N) is 3. The Morgan fingerprint density at radius 2 is 1.82 bits per heavy atom. The summed E-state index contributed by atoms with van der Waals surface area (Å²) in [5, 5.41) is 8.26. The summed E-state index contributed by atoms with van der Waals surface area (Å²) in [6.07, 6.45) is 0.465. The molecule has 2 heterocycles. The molecule has 2 aliphatic heterocycles. The number of hydrogen-bond donors (Lipinski definition) is 0. The molecule has 0 saturated heterocycles. The molecule has 0 aliphatic carbocycles. The fourth-order valence-electron chi connectivity index (χ4n) is 2.30. The molecule has 0 fully saturated rings. The predicted octanol–water partition coefficient (Wildman–Crippen LogP) is 1.76. The second-order valence-corrected chi connectivity index (χ2v) is 5.94. The quantitative estimate of drug-likeness (QED) is 0.793.